The molecular formula is C20H22ClNO3. The quantitative estimate of drug-likeness (QED) is 0.865. The zero-order valence-electron chi connectivity index (χ0n) is 14.6. The third-order valence-corrected chi connectivity index (χ3v) is 4.51. The molecule has 0 saturated heterocycles. The summed E-state index contributed by atoms with van der Waals surface area (Å²) in [6.07, 6.45) is 0.829. The summed E-state index contributed by atoms with van der Waals surface area (Å²) in [5.74, 6) is 1.13. The largest absolute Gasteiger partial charge is 0.483 e. The van der Waals surface area contributed by atoms with Gasteiger partial charge in [0.1, 0.15) is 5.60 Å². The summed E-state index contributed by atoms with van der Waals surface area (Å²) in [5.41, 5.74) is 1.73. The first-order chi connectivity index (χ1) is 11.9. The monoisotopic (exact) mass is 359 g/mol. The number of hydrogen-bond acceptors (Lipinski definition) is 3. The topological polar surface area (TPSA) is 47.6 Å². The highest BCUT2D eigenvalue weighted by molar-refractivity contribution is 6.31. The molecule has 2 aromatic carbocycles. The standard InChI is InChI=1S/C20H22ClNO3/c1-13(15-8-4-5-9-16(15)21)22-18(23)12-24-17-10-6-7-14-11-20(2,3)25-19(14)17/h4-10,13H,11-12H2,1-3H3,(H,22,23). The molecule has 0 bridgehead atoms. The average Bonchev–Trinajstić information content (AvgIpc) is 2.87. The van der Waals surface area contributed by atoms with Gasteiger partial charge < -0.3 is 14.8 Å². The number of carbonyl (C=O) groups excluding carboxylic acids is 1. The first-order valence-corrected chi connectivity index (χ1v) is 8.71. The van der Waals surface area contributed by atoms with E-state index in [-0.39, 0.29) is 24.2 Å². The van der Waals surface area contributed by atoms with Gasteiger partial charge in [-0.25, -0.2) is 0 Å². The maximum Gasteiger partial charge on any atom is 0.258 e. The molecule has 1 aliphatic rings. The van der Waals surface area contributed by atoms with E-state index >= 15 is 0 Å². The van der Waals surface area contributed by atoms with E-state index < -0.39 is 0 Å². The van der Waals surface area contributed by atoms with Crippen LogP contribution in [-0.2, 0) is 11.2 Å². The third kappa shape index (κ3) is 4.07. The average molecular weight is 360 g/mol. The maximum atomic E-state index is 12.2. The zero-order chi connectivity index (χ0) is 18.0. The second kappa shape index (κ2) is 6.96. The highest BCUT2D eigenvalue weighted by Crippen LogP contribution is 2.41. The molecule has 25 heavy (non-hydrogen) atoms. The van der Waals surface area contributed by atoms with Gasteiger partial charge in [0.2, 0.25) is 0 Å². The number of halogens is 1. The van der Waals surface area contributed by atoms with Crippen LogP contribution in [-0.4, -0.2) is 18.1 Å². The number of benzene rings is 2. The number of amides is 1. The number of ether oxygens (including phenoxy) is 2. The summed E-state index contributed by atoms with van der Waals surface area (Å²) in [5, 5.41) is 3.53. The van der Waals surface area contributed by atoms with Crippen LogP contribution in [0.15, 0.2) is 42.5 Å². The van der Waals surface area contributed by atoms with Crippen molar-refractivity contribution in [3.8, 4) is 11.5 Å². The molecule has 0 radical (unpaired) electrons. The number of carbonyl (C=O) groups is 1. The Kier molecular flexibility index (Phi) is 4.91. The Balaban J connectivity index is 1.61. The minimum Gasteiger partial charge on any atom is -0.483 e. The molecule has 1 aliphatic heterocycles. The Bertz CT molecular complexity index is 788. The lowest BCUT2D eigenvalue weighted by molar-refractivity contribution is -0.123. The molecule has 1 unspecified atom stereocenters. The molecule has 3 rings (SSSR count). The van der Waals surface area contributed by atoms with Crippen LogP contribution in [0.25, 0.3) is 0 Å². The Hall–Kier alpha value is -2.20. The van der Waals surface area contributed by atoms with Crippen molar-refractivity contribution in [3.05, 3.63) is 58.6 Å². The highest BCUT2D eigenvalue weighted by Gasteiger charge is 2.32. The summed E-state index contributed by atoms with van der Waals surface area (Å²) < 4.78 is 11.7. The fourth-order valence-electron chi connectivity index (χ4n) is 3.03. The molecule has 2 aromatic rings. The fourth-order valence-corrected chi connectivity index (χ4v) is 3.33. The second-order valence-corrected chi connectivity index (χ2v) is 7.29. The zero-order valence-corrected chi connectivity index (χ0v) is 15.4. The molecule has 4 nitrogen and oxygen atoms in total. The number of fused-ring (bicyclic) bond motifs is 1. The molecule has 132 valence electrons. The van der Waals surface area contributed by atoms with Gasteiger partial charge in [-0.05, 0) is 38.5 Å². The van der Waals surface area contributed by atoms with Crippen molar-refractivity contribution in [3.63, 3.8) is 0 Å². The van der Waals surface area contributed by atoms with Crippen LogP contribution >= 0.6 is 11.6 Å². The van der Waals surface area contributed by atoms with Gasteiger partial charge >= 0.3 is 0 Å². The van der Waals surface area contributed by atoms with E-state index in [1.807, 2.05) is 63.2 Å². The van der Waals surface area contributed by atoms with Crippen LogP contribution in [0.5, 0.6) is 11.5 Å². The summed E-state index contributed by atoms with van der Waals surface area (Å²) in [6.45, 7) is 5.89. The highest BCUT2D eigenvalue weighted by atomic mass is 35.5. The van der Waals surface area contributed by atoms with Gasteiger partial charge in [-0.15, -0.1) is 0 Å². The van der Waals surface area contributed by atoms with Crippen molar-refractivity contribution in [2.45, 2.75) is 38.8 Å². The molecule has 1 amide bonds. The van der Waals surface area contributed by atoms with E-state index in [1.54, 1.807) is 0 Å². The summed E-state index contributed by atoms with van der Waals surface area (Å²) in [7, 11) is 0. The molecule has 1 N–H and O–H groups in total. The van der Waals surface area contributed by atoms with Gasteiger partial charge in [0.25, 0.3) is 5.91 Å². The fraction of sp³-hybridized carbons (Fsp3) is 0.350. The predicted molar refractivity (Wildman–Crippen MR) is 98.4 cm³/mol. The van der Waals surface area contributed by atoms with E-state index in [2.05, 4.69) is 5.32 Å². The minimum atomic E-state index is -0.247. The van der Waals surface area contributed by atoms with Gasteiger partial charge in [0.05, 0.1) is 6.04 Å². The molecule has 0 spiro atoms. The SMILES string of the molecule is CC(NC(=O)COc1cccc2c1OC(C)(C)C2)c1ccccc1Cl. The molecular weight excluding hydrogens is 338 g/mol. The van der Waals surface area contributed by atoms with Crippen LogP contribution in [0.2, 0.25) is 5.02 Å². The maximum absolute atomic E-state index is 12.2. The Morgan fingerprint density at radius 2 is 2.04 bits per heavy atom. The summed E-state index contributed by atoms with van der Waals surface area (Å²) in [6, 6.07) is 13.0. The Morgan fingerprint density at radius 3 is 2.80 bits per heavy atom. The van der Waals surface area contributed by atoms with Crippen LogP contribution in [0.3, 0.4) is 0 Å². The van der Waals surface area contributed by atoms with Crippen LogP contribution in [0.1, 0.15) is 37.9 Å². The van der Waals surface area contributed by atoms with Crippen LogP contribution in [0, 0.1) is 0 Å². The lowest BCUT2D eigenvalue weighted by Crippen LogP contribution is -2.31. The van der Waals surface area contributed by atoms with E-state index in [0.29, 0.717) is 10.8 Å². The van der Waals surface area contributed by atoms with Crippen LogP contribution in [0.4, 0.5) is 0 Å². The van der Waals surface area contributed by atoms with Crippen LogP contribution < -0.4 is 14.8 Å². The molecule has 5 heteroatoms. The van der Waals surface area contributed by atoms with Crippen molar-refractivity contribution in [2.24, 2.45) is 0 Å². The summed E-state index contributed by atoms with van der Waals surface area (Å²) in [4.78, 5) is 12.2. The molecule has 0 aromatic heterocycles. The lowest BCUT2D eigenvalue weighted by Gasteiger charge is -2.19. The molecule has 0 fully saturated rings. The first kappa shape index (κ1) is 17.6. The van der Waals surface area contributed by atoms with Crippen molar-refractivity contribution in [1.82, 2.24) is 5.32 Å². The van der Waals surface area contributed by atoms with Gasteiger partial charge in [-0.1, -0.05) is 41.9 Å². The van der Waals surface area contributed by atoms with Gasteiger partial charge in [-0.2, -0.15) is 0 Å². The predicted octanol–water partition coefficient (Wildman–Crippen LogP) is 4.31. The summed E-state index contributed by atoms with van der Waals surface area (Å²) >= 11 is 6.17. The van der Waals surface area contributed by atoms with Crippen molar-refractivity contribution < 1.29 is 14.3 Å². The minimum absolute atomic E-state index is 0.0744. The normalized spacial score (nSPS) is 15.8. The smallest absolute Gasteiger partial charge is 0.258 e. The lowest BCUT2D eigenvalue weighted by atomic mass is 10.0. The van der Waals surface area contributed by atoms with Crippen molar-refractivity contribution in [2.75, 3.05) is 6.61 Å². The van der Waals surface area contributed by atoms with Crippen molar-refractivity contribution >= 4 is 17.5 Å². The third-order valence-electron chi connectivity index (χ3n) is 4.16. The number of para-hydroxylation sites is 1. The molecule has 0 aliphatic carbocycles. The van der Waals surface area contributed by atoms with E-state index in [0.717, 1.165) is 23.3 Å². The van der Waals surface area contributed by atoms with E-state index in [1.165, 1.54) is 0 Å². The number of rotatable bonds is 5. The van der Waals surface area contributed by atoms with Crippen molar-refractivity contribution in [1.29, 1.82) is 0 Å². The van der Waals surface area contributed by atoms with E-state index in [4.69, 9.17) is 21.1 Å². The number of hydrogen-bond donors (Lipinski definition) is 1. The Labute approximate surface area is 153 Å². The second-order valence-electron chi connectivity index (χ2n) is 6.88. The van der Waals surface area contributed by atoms with Gasteiger partial charge in [0.15, 0.2) is 18.1 Å². The van der Waals surface area contributed by atoms with Gasteiger partial charge in [0, 0.05) is 17.0 Å². The molecule has 1 atom stereocenters. The first-order valence-electron chi connectivity index (χ1n) is 8.33. The Morgan fingerprint density at radius 1 is 1.28 bits per heavy atom. The van der Waals surface area contributed by atoms with Gasteiger partial charge in [-0.3, -0.25) is 4.79 Å². The van der Waals surface area contributed by atoms with E-state index in [9.17, 15) is 4.79 Å². The molecule has 0 saturated carbocycles. The molecule has 1 heterocycles. The number of nitrogens with one attached hydrogen (secondary N) is 1.